The highest BCUT2D eigenvalue weighted by atomic mass is 32.2. The molecule has 2 atom stereocenters. The van der Waals surface area contributed by atoms with Crippen LogP contribution in [-0.2, 0) is 28.6 Å². The first-order valence-corrected chi connectivity index (χ1v) is 14.5. The summed E-state index contributed by atoms with van der Waals surface area (Å²) >= 11 is 1.39. The number of thioether (sulfide) groups is 1. The number of amidine groups is 1. The number of likely N-dealkylation sites (tertiary alicyclic amines) is 1. The van der Waals surface area contributed by atoms with Crippen molar-refractivity contribution in [3.05, 3.63) is 46.1 Å². The van der Waals surface area contributed by atoms with E-state index < -0.39 is 12.0 Å². The maximum atomic E-state index is 13.6. The van der Waals surface area contributed by atoms with Crippen LogP contribution in [0.1, 0.15) is 44.7 Å². The van der Waals surface area contributed by atoms with Gasteiger partial charge in [0, 0.05) is 37.5 Å². The number of amides is 1. The van der Waals surface area contributed by atoms with Crippen molar-refractivity contribution in [1.29, 1.82) is 0 Å². The Balaban J connectivity index is 1.66. The van der Waals surface area contributed by atoms with Gasteiger partial charge in [0.15, 0.2) is 5.17 Å². The Bertz CT molecular complexity index is 1260. The minimum Gasteiger partial charge on any atom is -0.497 e. The molecule has 2 unspecified atom stereocenters. The molecular formula is C29H37N3O8S. The van der Waals surface area contributed by atoms with Crippen molar-refractivity contribution in [3.8, 4) is 11.5 Å². The summed E-state index contributed by atoms with van der Waals surface area (Å²) in [5.74, 6) is -0.120. The topological polar surface area (TPSA) is 116 Å². The van der Waals surface area contributed by atoms with Crippen LogP contribution in [0.3, 0.4) is 0 Å². The van der Waals surface area contributed by atoms with E-state index in [0.717, 1.165) is 6.42 Å². The number of carbonyl (C=O) groups is 3. The van der Waals surface area contributed by atoms with Crippen molar-refractivity contribution in [3.63, 3.8) is 0 Å². The second-order valence-electron chi connectivity index (χ2n) is 9.74. The van der Waals surface area contributed by atoms with E-state index in [0.29, 0.717) is 65.3 Å². The Morgan fingerprint density at radius 1 is 1.10 bits per heavy atom. The van der Waals surface area contributed by atoms with Crippen LogP contribution < -0.4 is 9.47 Å². The molecule has 3 heterocycles. The smallest absolute Gasteiger partial charge is 0.338 e. The van der Waals surface area contributed by atoms with Crippen molar-refractivity contribution < 1.29 is 38.1 Å². The third-order valence-corrected chi connectivity index (χ3v) is 8.09. The normalized spacial score (nSPS) is 20.2. The summed E-state index contributed by atoms with van der Waals surface area (Å²) in [4.78, 5) is 47.7. The van der Waals surface area contributed by atoms with Crippen LogP contribution in [0.4, 0.5) is 0 Å². The van der Waals surface area contributed by atoms with Crippen LogP contribution in [-0.4, -0.2) is 87.1 Å². The second kappa shape index (κ2) is 13.9. The number of carbonyl (C=O) groups excluding carboxylic acids is 3. The highest BCUT2D eigenvalue weighted by Gasteiger charge is 2.43. The fourth-order valence-electron chi connectivity index (χ4n) is 5.19. The van der Waals surface area contributed by atoms with Gasteiger partial charge in [0.25, 0.3) is 0 Å². The average Bonchev–Trinajstić information content (AvgIpc) is 3.37. The van der Waals surface area contributed by atoms with Crippen molar-refractivity contribution in [1.82, 2.24) is 9.80 Å². The van der Waals surface area contributed by atoms with Gasteiger partial charge in [0.05, 0.1) is 57.1 Å². The summed E-state index contributed by atoms with van der Waals surface area (Å²) in [6.07, 6.45) is 1.49. The number of hydrogen-bond acceptors (Lipinski definition) is 11. The molecule has 0 aliphatic carbocycles. The first kappa shape index (κ1) is 30.4. The van der Waals surface area contributed by atoms with Gasteiger partial charge in [-0.05, 0) is 44.2 Å². The van der Waals surface area contributed by atoms with E-state index in [-0.39, 0.29) is 37.4 Å². The zero-order valence-electron chi connectivity index (χ0n) is 24.1. The van der Waals surface area contributed by atoms with E-state index in [1.807, 2.05) is 16.4 Å². The number of aliphatic imine (C=N–C) groups is 1. The van der Waals surface area contributed by atoms with E-state index >= 15 is 0 Å². The number of hydrogen-bond donors (Lipinski definition) is 0. The lowest BCUT2D eigenvalue weighted by molar-refractivity contribution is -0.151. The van der Waals surface area contributed by atoms with Crippen LogP contribution in [0.5, 0.6) is 11.5 Å². The van der Waals surface area contributed by atoms with Crippen molar-refractivity contribution in [2.75, 3.05) is 54.2 Å². The second-order valence-corrected chi connectivity index (χ2v) is 10.6. The number of ether oxygens (including phenoxy) is 5. The van der Waals surface area contributed by atoms with Crippen molar-refractivity contribution in [2.24, 2.45) is 10.9 Å². The van der Waals surface area contributed by atoms with Gasteiger partial charge in [0.2, 0.25) is 5.91 Å². The van der Waals surface area contributed by atoms with Gasteiger partial charge in [-0.15, -0.1) is 0 Å². The molecule has 3 aliphatic rings. The average molecular weight is 588 g/mol. The lowest BCUT2D eigenvalue weighted by Gasteiger charge is -2.37. The molecule has 0 bridgehead atoms. The molecule has 0 aromatic heterocycles. The van der Waals surface area contributed by atoms with Gasteiger partial charge in [0.1, 0.15) is 18.1 Å². The number of allylic oxidation sites excluding steroid dienone is 1. The predicted octanol–water partition coefficient (Wildman–Crippen LogP) is 3.66. The summed E-state index contributed by atoms with van der Waals surface area (Å²) in [6, 6.07) is 4.73. The highest BCUT2D eigenvalue weighted by Crippen LogP contribution is 2.47. The molecule has 1 saturated heterocycles. The molecular weight excluding hydrogens is 550 g/mol. The molecule has 1 aromatic carbocycles. The molecule has 4 rings (SSSR count). The van der Waals surface area contributed by atoms with Gasteiger partial charge in [-0.2, -0.15) is 0 Å². The van der Waals surface area contributed by atoms with E-state index in [1.165, 1.54) is 18.9 Å². The Labute approximate surface area is 244 Å². The molecule has 3 aliphatic heterocycles. The van der Waals surface area contributed by atoms with Gasteiger partial charge >= 0.3 is 11.9 Å². The zero-order chi connectivity index (χ0) is 29.5. The summed E-state index contributed by atoms with van der Waals surface area (Å²) < 4.78 is 26.9. The Hall–Kier alpha value is -3.51. The van der Waals surface area contributed by atoms with E-state index in [1.54, 1.807) is 45.1 Å². The number of piperidine rings is 1. The van der Waals surface area contributed by atoms with Gasteiger partial charge in [-0.25, -0.2) is 9.79 Å². The zero-order valence-corrected chi connectivity index (χ0v) is 25.0. The molecule has 1 amide bonds. The molecule has 0 N–H and O–H groups in total. The van der Waals surface area contributed by atoms with E-state index in [9.17, 15) is 14.4 Å². The van der Waals surface area contributed by atoms with Crippen LogP contribution in [0, 0.1) is 5.92 Å². The fourth-order valence-corrected chi connectivity index (χ4v) is 6.15. The van der Waals surface area contributed by atoms with E-state index in [4.69, 9.17) is 28.7 Å². The highest BCUT2D eigenvalue weighted by molar-refractivity contribution is 8.16. The van der Waals surface area contributed by atoms with Crippen LogP contribution >= 0.6 is 11.8 Å². The Morgan fingerprint density at radius 2 is 1.90 bits per heavy atom. The summed E-state index contributed by atoms with van der Waals surface area (Å²) in [7, 11) is 4.66. The Morgan fingerprint density at radius 3 is 2.61 bits per heavy atom. The minimum absolute atomic E-state index is 0.0710. The van der Waals surface area contributed by atoms with Gasteiger partial charge in [-0.1, -0.05) is 11.8 Å². The first-order chi connectivity index (χ1) is 19.8. The van der Waals surface area contributed by atoms with Gasteiger partial charge < -0.3 is 33.5 Å². The van der Waals surface area contributed by atoms with Crippen molar-refractivity contribution in [2.45, 2.75) is 39.2 Å². The number of methoxy groups -OCH3 is 3. The largest absolute Gasteiger partial charge is 0.497 e. The van der Waals surface area contributed by atoms with Crippen molar-refractivity contribution >= 4 is 34.8 Å². The monoisotopic (exact) mass is 587 g/mol. The van der Waals surface area contributed by atoms with Crippen LogP contribution in [0.15, 0.2) is 45.6 Å². The molecule has 11 nitrogen and oxygen atoms in total. The molecule has 12 heteroatoms. The lowest BCUT2D eigenvalue weighted by atomic mass is 9.92. The molecule has 1 fully saturated rings. The maximum Gasteiger partial charge on any atom is 0.338 e. The summed E-state index contributed by atoms with van der Waals surface area (Å²) in [5, 5.41) is 2.53. The fraction of sp³-hybridized carbons (Fsp3) is 0.517. The SMILES string of the molecule is CCOC(=O)C1CCCN(C(=O)CC2=CSC3=NC(C)=C(C(=O)OCCOC)C(c4ccc(OC)cc4OC)N23)C1. The summed E-state index contributed by atoms with van der Waals surface area (Å²) in [6.45, 7) is 5.09. The number of benzene rings is 1. The number of fused-ring (bicyclic) bond motifs is 1. The maximum absolute atomic E-state index is 13.6. The molecule has 0 radical (unpaired) electrons. The third-order valence-electron chi connectivity index (χ3n) is 7.20. The molecule has 1 aromatic rings. The van der Waals surface area contributed by atoms with Crippen LogP contribution in [0.25, 0.3) is 0 Å². The molecule has 0 saturated carbocycles. The lowest BCUT2D eigenvalue weighted by Crippen LogP contribution is -2.44. The van der Waals surface area contributed by atoms with E-state index in [2.05, 4.69) is 0 Å². The molecule has 41 heavy (non-hydrogen) atoms. The predicted molar refractivity (Wildman–Crippen MR) is 153 cm³/mol. The Kier molecular flexibility index (Phi) is 10.3. The number of esters is 2. The quantitative estimate of drug-likeness (QED) is 0.281. The standard InChI is InChI=1S/C29H37N3O8S/c1-6-39-27(34)19-8-7-11-31(16-19)24(33)14-20-17-41-29-30-18(2)25(28(35)40-13-12-36-3)26(32(20)29)22-10-9-21(37-4)15-23(22)38-5/h9-10,15,17,19,26H,6-8,11-14,16H2,1-5H3. The third kappa shape index (κ3) is 6.70. The van der Waals surface area contributed by atoms with Gasteiger partial charge in [-0.3, -0.25) is 9.59 Å². The summed E-state index contributed by atoms with van der Waals surface area (Å²) in [5.41, 5.74) is 2.24. The minimum atomic E-state index is -0.666. The number of nitrogens with zero attached hydrogens (tertiary/aromatic N) is 3. The van der Waals surface area contributed by atoms with Crippen LogP contribution in [0.2, 0.25) is 0 Å². The number of rotatable bonds is 11. The molecule has 222 valence electrons. The molecule has 0 spiro atoms. The first-order valence-electron chi connectivity index (χ1n) is 13.6.